The maximum Gasteiger partial charge on any atom is 0.326 e. The standard InChI is InChI=1S/C17H24N6O5/c18-14-13-9(8-20-15(13)23-17(19)22-14)4-2-1-3-5-11(24)21-10(16(27)28)6-7-12(25)26/h8,10H,1-7H2,(H,21,24)(H,25,26)(H,27,28)(H5,18,19,20,22,23)/t10-/m0/s1. The summed E-state index contributed by atoms with van der Waals surface area (Å²) in [5.74, 6) is -2.33. The summed E-state index contributed by atoms with van der Waals surface area (Å²) in [6.07, 6.45) is 4.36. The largest absolute Gasteiger partial charge is 0.481 e. The molecule has 0 radical (unpaired) electrons. The van der Waals surface area contributed by atoms with Crippen molar-refractivity contribution in [3.8, 4) is 0 Å². The van der Waals surface area contributed by atoms with Gasteiger partial charge < -0.3 is 32.0 Å². The van der Waals surface area contributed by atoms with Crippen molar-refractivity contribution in [1.82, 2.24) is 20.3 Å². The van der Waals surface area contributed by atoms with Crippen LogP contribution in [-0.4, -0.2) is 49.1 Å². The van der Waals surface area contributed by atoms with Gasteiger partial charge in [-0.2, -0.15) is 9.97 Å². The van der Waals surface area contributed by atoms with Gasteiger partial charge in [0.25, 0.3) is 0 Å². The number of rotatable bonds is 11. The fourth-order valence-electron chi connectivity index (χ4n) is 2.91. The Morgan fingerprint density at radius 2 is 1.86 bits per heavy atom. The highest BCUT2D eigenvalue weighted by Crippen LogP contribution is 2.24. The van der Waals surface area contributed by atoms with Crippen LogP contribution in [0.3, 0.4) is 0 Å². The molecule has 0 saturated carbocycles. The monoisotopic (exact) mass is 392 g/mol. The lowest BCUT2D eigenvalue weighted by Crippen LogP contribution is -2.41. The number of nitrogen functional groups attached to an aromatic ring is 2. The fraction of sp³-hybridized carbons (Fsp3) is 0.471. The van der Waals surface area contributed by atoms with Gasteiger partial charge in [-0.25, -0.2) is 4.79 Å². The number of aromatic nitrogens is 3. The summed E-state index contributed by atoms with van der Waals surface area (Å²) < 4.78 is 0. The molecule has 0 bridgehead atoms. The minimum atomic E-state index is -1.24. The number of H-pyrrole nitrogens is 1. The van der Waals surface area contributed by atoms with E-state index in [0.29, 0.717) is 17.9 Å². The summed E-state index contributed by atoms with van der Waals surface area (Å²) >= 11 is 0. The predicted molar refractivity (Wildman–Crippen MR) is 101 cm³/mol. The lowest BCUT2D eigenvalue weighted by Gasteiger charge is -2.13. The third-order valence-corrected chi connectivity index (χ3v) is 4.29. The number of fused-ring (bicyclic) bond motifs is 1. The molecule has 1 atom stereocenters. The molecule has 0 saturated heterocycles. The van der Waals surface area contributed by atoms with Gasteiger partial charge in [-0.3, -0.25) is 9.59 Å². The Labute approximate surface area is 160 Å². The number of nitrogens with two attached hydrogens (primary N) is 2. The highest BCUT2D eigenvalue weighted by Gasteiger charge is 2.20. The molecule has 28 heavy (non-hydrogen) atoms. The number of nitrogens with zero attached hydrogens (tertiary/aromatic N) is 2. The summed E-state index contributed by atoms with van der Waals surface area (Å²) in [5.41, 5.74) is 13.0. The van der Waals surface area contributed by atoms with Gasteiger partial charge in [-0.05, 0) is 31.2 Å². The zero-order chi connectivity index (χ0) is 20.7. The lowest BCUT2D eigenvalue weighted by atomic mass is 10.1. The van der Waals surface area contributed by atoms with Crippen LogP contribution in [0, 0.1) is 0 Å². The first-order valence-electron chi connectivity index (χ1n) is 8.90. The molecule has 0 spiro atoms. The molecule has 2 rings (SSSR count). The Bertz CT molecular complexity index is 865. The van der Waals surface area contributed by atoms with Crippen molar-refractivity contribution in [2.75, 3.05) is 11.5 Å². The van der Waals surface area contributed by atoms with Crippen LogP contribution >= 0.6 is 0 Å². The van der Waals surface area contributed by atoms with Crippen LogP contribution in [0.4, 0.5) is 11.8 Å². The van der Waals surface area contributed by atoms with Crippen molar-refractivity contribution in [3.63, 3.8) is 0 Å². The van der Waals surface area contributed by atoms with Gasteiger partial charge in [-0.15, -0.1) is 0 Å². The normalized spacial score (nSPS) is 12.0. The first-order chi connectivity index (χ1) is 13.3. The number of aliphatic carboxylic acids is 2. The number of unbranched alkanes of at least 4 members (excludes halogenated alkanes) is 2. The van der Waals surface area contributed by atoms with Gasteiger partial charge in [-0.1, -0.05) is 6.42 Å². The molecule has 0 aliphatic heterocycles. The van der Waals surface area contributed by atoms with Crippen molar-refractivity contribution < 1.29 is 24.6 Å². The number of hydrogen-bond acceptors (Lipinski definition) is 7. The first-order valence-corrected chi connectivity index (χ1v) is 8.90. The van der Waals surface area contributed by atoms with Gasteiger partial charge in [0.05, 0.1) is 5.39 Å². The van der Waals surface area contributed by atoms with Crippen LogP contribution in [0.25, 0.3) is 11.0 Å². The Balaban J connectivity index is 1.74. The molecule has 0 fully saturated rings. The van der Waals surface area contributed by atoms with Crippen molar-refractivity contribution >= 4 is 40.6 Å². The summed E-state index contributed by atoms with van der Waals surface area (Å²) in [6, 6.07) is -1.19. The smallest absolute Gasteiger partial charge is 0.326 e. The van der Waals surface area contributed by atoms with Crippen molar-refractivity contribution in [2.45, 2.75) is 51.0 Å². The van der Waals surface area contributed by atoms with Gasteiger partial charge in [0.15, 0.2) is 0 Å². The molecule has 8 N–H and O–H groups in total. The second-order valence-electron chi connectivity index (χ2n) is 6.46. The van der Waals surface area contributed by atoms with E-state index in [1.807, 2.05) is 6.20 Å². The summed E-state index contributed by atoms with van der Waals surface area (Å²) in [4.78, 5) is 44.5. The third kappa shape index (κ3) is 5.83. The van der Waals surface area contributed by atoms with E-state index < -0.39 is 23.9 Å². The Morgan fingerprint density at radius 3 is 2.54 bits per heavy atom. The van der Waals surface area contributed by atoms with Crippen molar-refractivity contribution in [2.24, 2.45) is 0 Å². The maximum absolute atomic E-state index is 11.9. The number of aryl methyl sites for hydroxylation is 1. The third-order valence-electron chi connectivity index (χ3n) is 4.29. The number of aromatic amines is 1. The van der Waals surface area contributed by atoms with E-state index in [1.165, 1.54) is 0 Å². The topological polar surface area (TPSA) is 197 Å². The van der Waals surface area contributed by atoms with Crippen LogP contribution in [0.15, 0.2) is 6.20 Å². The molecule has 11 heteroatoms. The Kier molecular flexibility index (Phi) is 7.13. The van der Waals surface area contributed by atoms with E-state index >= 15 is 0 Å². The first kappa shape index (κ1) is 20.9. The summed E-state index contributed by atoms with van der Waals surface area (Å²) in [7, 11) is 0. The SMILES string of the molecule is Nc1nc(N)c2c(CCCCCC(=O)N[C@@H](CCC(=O)O)C(=O)O)c[nH]c2n1. The molecule has 0 aromatic carbocycles. The molecule has 152 valence electrons. The maximum atomic E-state index is 11.9. The van der Waals surface area contributed by atoms with E-state index in [0.717, 1.165) is 30.2 Å². The molecular weight excluding hydrogens is 368 g/mol. The van der Waals surface area contributed by atoms with Gasteiger partial charge in [0.1, 0.15) is 17.5 Å². The van der Waals surface area contributed by atoms with E-state index in [-0.39, 0.29) is 25.2 Å². The number of carboxylic acid groups (broad SMARTS) is 2. The number of carboxylic acids is 2. The Hall–Kier alpha value is -3.37. The van der Waals surface area contributed by atoms with Crippen molar-refractivity contribution in [1.29, 1.82) is 0 Å². The fourth-order valence-corrected chi connectivity index (χ4v) is 2.91. The average molecular weight is 392 g/mol. The highest BCUT2D eigenvalue weighted by atomic mass is 16.4. The number of nitrogens with one attached hydrogen (secondary N) is 2. The molecule has 2 aromatic heterocycles. The second kappa shape index (κ2) is 9.53. The number of hydrogen-bond donors (Lipinski definition) is 6. The van der Waals surface area contributed by atoms with Gasteiger partial charge in [0.2, 0.25) is 11.9 Å². The van der Waals surface area contributed by atoms with E-state index in [1.54, 1.807) is 0 Å². The quantitative estimate of drug-likeness (QED) is 0.297. The minimum absolute atomic E-state index is 0.104. The number of carbonyl (C=O) groups excluding carboxylic acids is 1. The van der Waals surface area contributed by atoms with Crippen molar-refractivity contribution in [3.05, 3.63) is 11.8 Å². The number of amides is 1. The molecule has 2 aromatic rings. The molecule has 0 aliphatic rings. The highest BCUT2D eigenvalue weighted by molar-refractivity contribution is 5.90. The molecular formula is C17H24N6O5. The van der Waals surface area contributed by atoms with Crippen LogP contribution in [0.2, 0.25) is 0 Å². The summed E-state index contributed by atoms with van der Waals surface area (Å²) in [5, 5.41) is 20.8. The van der Waals surface area contributed by atoms with Crippen LogP contribution in [0.1, 0.15) is 44.1 Å². The average Bonchev–Trinajstić information content (AvgIpc) is 3.00. The molecule has 0 unspecified atom stereocenters. The molecule has 2 heterocycles. The zero-order valence-electron chi connectivity index (χ0n) is 15.3. The molecule has 0 aliphatic carbocycles. The number of anilines is 2. The second-order valence-corrected chi connectivity index (χ2v) is 6.46. The molecule has 11 nitrogen and oxygen atoms in total. The van der Waals surface area contributed by atoms with Gasteiger partial charge >= 0.3 is 11.9 Å². The zero-order valence-corrected chi connectivity index (χ0v) is 15.3. The van der Waals surface area contributed by atoms with E-state index in [9.17, 15) is 14.4 Å². The lowest BCUT2D eigenvalue weighted by molar-refractivity contribution is -0.143. The summed E-state index contributed by atoms with van der Waals surface area (Å²) in [6.45, 7) is 0. The predicted octanol–water partition coefficient (Wildman–Crippen LogP) is 0.659. The van der Waals surface area contributed by atoms with Crippen LogP contribution < -0.4 is 16.8 Å². The molecule has 1 amide bonds. The van der Waals surface area contributed by atoms with E-state index in [4.69, 9.17) is 21.7 Å². The van der Waals surface area contributed by atoms with Gasteiger partial charge in [0, 0.05) is 19.0 Å². The minimum Gasteiger partial charge on any atom is -0.481 e. The van der Waals surface area contributed by atoms with Crippen LogP contribution in [0.5, 0.6) is 0 Å². The van der Waals surface area contributed by atoms with E-state index in [2.05, 4.69) is 20.3 Å². The Morgan fingerprint density at radius 1 is 1.11 bits per heavy atom. The van der Waals surface area contributed by atoms with Crippen LogP contribution in [-0.2, 0) is 20.8 Å². The number of carbonyl (C=O) groups is 3.